The molecule has 3 N–H and O–H groups in total. The van der Waals surface area contributed by atoms with Gasteiger partial charge in [0.25, 0.3) is 0 Å². The van der Waals surface area contributed by atoms with E-state index in [9.17, 15) is 14.4 Å². The average Bonchev–Trinajstić information content (AvgIpc) is 3.07. The lowest BCUT2D eigenvalue weighted by molar-refractivity contribution is -0.120. The Labute approximate surface area is 155 Å². The van der Waals surface area contributed by atoms with Crippen LogP contribution in [0.25, 0.3) is 0 Å². The van der Waals surface area contributed by atoms with Crippen LogP contribution in [0.15, 0.2) is 46.9 Å². The summed E-state index contributed by atoms with van der Waals surface area (Å²) in [5, 5.41) is 11.2. The van der Waals surface area contributed by atoms with Crippen LogP contribution in [0.1, 0.15) is 25.1 Å². The van der Waals surface area contributed by atoms with Crippen LogP contribution in [0.5, 0.6) is 0 Å². The second-order valence-corrected chi connectivity index (χ2v) is 6.62. The molecule has 8 heteroatoms. The SMILES string of the molecule is CC(=O)Nc1ccccc1NC(=O)CC(C)=NNC(=O)Cc1cccs1. The van der Waals surface area contributed by atoms with Crippen LogP contribution in [0.2, 0.25) is 0 Å². The molecule has 0 bridgehead atoms. The zero-order valence-electron chi connectivity index (χ0n) is 14.5. The first kappa shape index (κ1) is 19.3. The van der Waals surface area contributed by atoms with Gasteiger partial charge in [-0.25, -0.2) is 5.43 Å². The number of benzene rings is 1. The van der Waals surface area contributed by atoms with Crippen molar-refractivity contribution in [1.82, 2.24) is 5.43 Å². The molecular formula is C18H20N4O3S. The van der Waals surface area contributed by atoms with Crippen molar-refractivity contribution in [3.05, 3.63) is 46.7 Å². The highest BCUT2D eigenvalue weighted by Gasteiger charge is 2.09. The standard InChI is InChI=1S/C18H20N4O3S/c1-12(21-22-18(25)11-14-6-5-9-26-14)10-17(24)20-16-8-4-3-7-15(16)19-13(2)23/h3-9H,10-11H2,1-2H3,(H,19,23)(H,20,24)(H,22,25). The fraction of sp³-hybridized carbons (Fsp3) is 0.222. The van der Waals surface area contributed by atoms with E-state index < -0.39 is 0 Å². The number of hydrazone groups is 1. The number of thiophene rings is 1. The Bertz CT molecular complexity index is 816. The van der Waals surface area contributed by atoms with Gasteiger partial charge in [0.2, 0.25) is 17.7 Å². The van der Waals surface area contributed by atoms with Crippen LogP contribution in [-0.2, 0) is 20.8 Å². The summed E-state index contributed by atoms with van der Waals surface area (Å²) in [4.78, 5) is 36.1. The zero-order chi connectivity index (χ0) is 18.9. The van der Waals surface area contributed by atoms with E-state index in [0.29, 0.717) is 17.1 Å². The molecule has 26 heavy (non-hydrogen) atoms. The third-order valence-electron chi connectivity index (χ3n) is 3.21. The summed E-state index contributed by atoms with van der Waals surface area (Å²) in [6, 6.07) is 10.7. The van der Waals surface area contributed by atoms with Gasteiger partial charge in [0.05, 0.1) is 24.2 Å². The van der Waals surface area contributed by atoms with Gasteiger partial charge in [-0.2, -0.15) is 5.10 Å². The third-order valence-corrected chi connectivity index (χ3v) is 4.09. The molecule has 1 aromatic heterocycles. The summed E-state index contributed by atoms with van der Waals surface area (Å²) in [6.45, 7) is 3.05. The predicted octanol–water partition coefficient (Wildman–Crippen LogP) is 2.77. The van der Waals surface area contributed by atoms with Gasteiger partial charge in [0.15, 0.2) is 0 Å². The lowest BCUT2D eigenvalue weighted by atomic mass is 10.2. The molecule has 0 atom stereocenters. The van der Waals surface area contributed by atoms with Crippen molar-refractivity contribution in [3.8, 4) is 0 Å². The Morgan fingerprint density at radius 3 is 2.27 bits per heavy atom. The van der Waals surface area contributed by atoms with Crippen molar-refractivity contribution in [2.45, 2.75) is 26.7 Å². The Kier molecular flexibility index (Phi) is 7.04. The van der Waals surface area contributed by atoms with Crippen LogP contribution < -0.4 is 16.1 Å². The molecule has 136 valence electrons. The smallest absolute Gasteiger partial charge is 0.245 e. The fourth-order valence-corrected chi connectivity index (χ4v) is 2.83. The van der Waals surface area contributed by atoms with Gasteiger partial charge in [-0.15, -0.1) is 11.3 Å². The number of carbonyl (C=O) groups is 3. The summed E-state index contributed by atoms with van der Waals surface area (Å²) in [6.07, 6.45) is 0.276. The molecule has 0 fully saturated rings. The summed E-state index contributed by atoms with van der Waals surface area (Å²) in [5.41, 5.74) is 3.94. The van der Waals surface area contributed by atoms with Crippen molar-refractivity contribution >= 4 is 46.1 Å². The number of carbonyl (C=O) groups excluding carboxylic acids is 3. The molecule has 2 aromatic rings. The lowest BCUT2D eigenvalue weighted by Gasteiger charge is -2.11. The number of hydrogen-bond donors (Lipinski definition) is 3. The number of nitrogens with zero attached hydrogens (tertiary/aromatic N) is 1. The van der Waals surface area contributed by atoms with Gasteiger partial charge < -0.3 is 10.6 Å². The van der Waals surface area contributed by atoms with E-state index in [-0.39, 0.29) is 30.6 Å². The highest BCUT2D eigenvalue weighted by Crippen LogP contribution is 2.21. The lowest BCUT2D eigenvalue weighted by Crippen LogP contribution is -2.22. The van der Waals surface area contributed by atoms with Crippen LogP contribution in [0.4, 0.5) is 11.4 Å². The number of rotatable bonds is 7. The number of nitrogens with one attached hydrogen (secondary N) is 3. The van der Waals surface area contributed by atoms with E-state index in [1.165, 1.54) is 18.3 Å². The van der Waals surface area contributed by atoms with E-state index in [0.717, 1.165) is 4.88 Å². The molecular weight excluding hydrogens is 352 g/mol. The molecule has 1 heterocycles. The summed E-state index contributed by atoms with van der Waals surface area (Å²) in [5.74, 6) is -0.752. The van der Waals surface area contributed by atoms with Gasteiger partial charge >= 0.3 is 0 Å². The third kappa shape index (κ3) is 6.48. The molecule has 0 radical (unpaired) electrons. The summed E-state index contributed by atoms with van der Waals surface area (Å²) >= 11 is 1.50. The van der Waals surface area contributed by atoms with Gasteiger partial charge in [0.1, 0.15) is 0 Å². The number of para-hydroxylation sites is 2. The maximum atomic E-state index is 12.1. The number of hydrogen-bond acceptors (Lipinski definition) is 5. The number of anilines is 2. The van der Waals surface area contributed by atoms with Gasteiger partial charge in [-0.1, -0.05) is 18.2 Å². The van der Waals surface area contributed by atoms with Crippen molar-refractivity contribution in [3.63, 3.8) is 0 Å². The van der Waals surface area contributed by atoms with Gasteiger partial charge in [-0.3, -0.25) is 14.4 Å². The monoisotopic (exact) mass is 372 g/mol. The molecule has 0 saturated carbocycles. The maximum Gasteiger partial charge on any atom is 0.245 e. The largest absolute Gasteiger partial charge is 0.325 e. The Morgan fingerprint density at radius 2 is 1.65 bits per heavy atom. The van der Waals surface area contributed by atoms with E-state index in [2.05, 4.69) is 21.2 Å². The van der Waals surface area contributed by atoms with E-state index in [1.807, 2.05) is 17.5 Å². The van der Waals surface area contributed by atoms with Crippen molar-refractivity contribution in [2.24, 2.45) is 5.10 Å². The first-order valence-corrected chi connectivity index (χ1v) is 8.83. The first-order valence-electron chi connectivity index (χ1n) is 7.95. The van der Waals surface area contributed by atoms with Crippen LogP contribution in [0.3, 0.4) is 0 Å². The van der Waals surface area contributed by atoms with Crippen LogP contribution in [-0.4, -0.2) is 23.4 Å². The van der Waals surface area contributed by atoms with Crippen molar-refractivity contribution in [1.29, 1.82) is 0 Å². The average molecular weight is 372 g/mol. The van der Waals surface area contributed by atoms with Crippen LogP contribution >= 0.6 is 11.3 Å². The highest BCUT2D eigenvalue weighted by molar-refractivity contribution is 7.10. The Morgan fingerprint density at radius 1 is 0.962 bits per heavy atom. The Hall–Kier alpha value is -3.00. The van der Waals surface area contributed by atoms with Gasteiger partial charge in [0, 0.05) is 17.5 Å². The molecule has 0 spiro atoms. The predicted molar refractivity (Wildman–Crippen MR) is 103 cm³/mol. The summed E-state index contributed by atoms with van der Waals surface area (Å²) < 4.78 is 0. The second kappa shape index (κ2) is 9.47. The fourth-order valence-electron chi connectivity index (χ4n) is 2.13. The quantitative estimate of drug-likeness (QED) is 0.515. The molecule has 0 aliphatic heterocycles. The maximum absolute atomic E-state index is 12.1. The molecule has 0 saturated heterocycles. The molecule has 7 nitrogen and oxygen atoms in total. The molecule has 1 aromatic carbocycles. The molecule has 0 unspecified atom stereocenters. The number of amides is 3. The summed E-state index contributed by atoms with van der Waals surface area (Å²) in [7, 11) is 0. The minimum Gasteiger partial charge on any atom is -0.325 e. The minimum absolute atomic E-state index is 0.0215. The minimum atomic E-state index is -0.295. The molecule has 0 aliphatic rings. The Balaban J connectivity index is 1.87. The van der Waals surface area contributed by atoms with E-state index in [1.54, 1.807) is 31.2 Å². The van der Waals surface area contributed by atoms with Crippen LogP contribution in [0, 0.1) is 0 Å². The van der Waals surface area contributed by atoms with E-state index in [4.69, 9.17) is 0 Å². The molecule has 0 aliphatic carbocycles. The van der Waals surface area contributed by atoms with Crippen molar-refractivity contribution in [2.75, 3.05) is 10.6 Å². The molecule has 3 amide bonds. The topological polar surface area (TPSA) is 99.7 Å². The zero-order valence-corrected chi connectivity index (χ0v) is 15.4. The molecule has 2 rings (SSSR count). The van der Waals surface area contributed by atoms with E-state index >= 15 is 0 Å². The first-order chi connectivity index (χ1) is 12.4. The highest BCUT2D eigenvalue weighted by atomic mass is 32.1. The second-order valence-electron chi connectivity index (χ2n) is 5.59. The van der Waals surface area contributed by atoms with Crippen molar-refractivity contribution < 1.29 is 14.4 Å². The normalized spacial score (nSPS) is 10.9. The van der Waals surface area contributed by atoms with Gasteiger partial charge in [-0.05, 0) is 30.5 Å².